The van der Waals surface area contributed by atoms with Gasteiger partial charge in [-0.25, -0.2) is 0 Å². The maximum atomic E-state index is 12.8. The van der Waals surface area contributed by atoms with Crippen LogP contribution in [0.3, 0.4) is 0 Å². The Morgan fingerprint density at radius 3 is 1.02 bits per heavy atom. The molecule has 0 bridgehead atoms. The summed E-state index contributed by atoms with van der Waals surface area (Å²) in [6.45, 7) is 6.27. The fraction of sp³-hybridized carbons (Fsp3) is 0.625. The lowest BCUT2D eigenvalue weighted by Crippen LogP contribution is -2.30. The minimum atomic E-state index is -0.813. The van der Waals surface area contributed by atoms with Crippen LogP contribution in [0.4, 0.5) is 0 Å². The molecule has 0 aromatic rings. The van der Waals surface area contributed by atoms with Crippen molar-refractivity contribution >= 4 is 17.9 Å². The summed E-state index contributed by atoms with van der Waals surface area (Å²) < 4.78 is 16.7. The fourth-order valence-electron chi connectivity index (χ4n) is 6.44. The van der Waals surface area contributed by atoms with Gasteiger partial charge in [-0.1, -0.05) is 214 Å². The number of esters is 3. The number of ether oxygens (including phenoxy) is 3. The summed E-state index contributed by atoms with van der Waals surface area (Å²) in [7, 11) is 0. The van der Waals surface area contributed by atoms with Crippen LogP contribution in [0.2, 0.25) is 0 Å². The second-order valence-electron chi connectivity index (χ2n) is 16.1. The zero-order valence-corrected chi connectivity index (χ0v) is 39.8. The lowest BCUT2D eigenvalue weighted by molar-refractivity contribution is -0.167. The Balaban J connectivity index is 4.52. The molecule has 6 heteroatoms. The van der Waals surface area contributed by atoms with Crippen molar-refractivity contribution in [2.45, 2.75) is 213 Å². The Hall–Kier alpha value is -3.93. The minimum absolute atomic E-state index is 0.112. The number of carbonyl (C=O) groups excluding carboxylic acids is 3. The van der Waals surface area contributed by atoms with E-state index in [9.17, 15) is 14.4 Å². The maximum absolute atomic E-state index is 12.8. The largest absolute Gasteiger partial charge is 0.462 e. The van der Waals surface area contributed by atoms with E-state index in [0.717, 1.165) is 103 Å². The van der Waals surface area contributed by atoms with Crippen LogP contribution in [0.15, 0.2) is 109 Å². The number of hydrogen-bond donors (Lipinski definition) is 0. The van der Waals surface area contributed by atoms with Gasteiger partial charge in [0.05, 0.1) is 0 Å². The molecule has 0 aromatic carbocycles. The van der Waals surface area contributed by atoms with Crippen molar-refractivity contribution < 1.29 is 28.6 Å². The third-order valence-electron chi connectivity index (χ3n) is 10.2. The molecule has 0 amide bonds. The van der Waals surface area contributed by atoms with Crippen LogP contribution >= 0.6 is 0 Å². The lowest BCUT2D eigenvalue weighted by atomic mass is 10.1. The molecule has 0 aliphatic heterocycles. The van der Waals surface area contributed by atoms with Gasteiger partial charge in [0.15, 0.2) is 6.10 Å². The third kappa shape index (κ3) is 47.1. The molecule has 0 aliphatic rings. The average molecular weight is 859 g/mol. The number of allylic oxidation sites excluding steroid dienone is 18. The van der Waals surface area contributed by atoms with Crippen molar-refractivity contribution in [3.63, 3.8) is 0 Å². The topological polar surface area (TPSA) is 78.9 Å². The van der Waals surface area contributed by atoms with E-state index in [2.05, 4.69) is 93.7 Å². The highest BCUT2D eigenvalue weighted by atomic mass is 16.6. The van der Waals surface area contributed by atoms with E-state index >= 15 is 0 Å². The van der Waals surface area contributed by atoms with Gasteiger partial charge in [-0.15, -0.1) is 0 Å². The predicted octanol–water partition coefficient (Wildman–Crippen LogP) is 16.4. The summed E-state index contributed by atoms with van der Waals surface area (Å²) >= 11 is 0. The van der Waals surface area contributed by atoms with Crippen LogP contribution in [0.5, 0.6) is 0 Å². The molecule has 1 unspecified atom stereocenters. The van der Waals surface area contributed by atoms with Crippen molar-refractivity contribution in [2.75, 3.05) is 13.2 Å². The monoisotopic (exact) mass is 859 g/mol. The number of carbonyl (C=O) groups is 3. The van der Waals surface area contributed by atoms with E-state index in [-0.39, 0.29) is 31.1 Å². The third-order valence-corrected chi connectivity index (χ3v) is 10.2. The van der Waals surface area contributed by atoms with Crippen LogP contribution in [-0.2, 0) is 28.6 Å². The molecule has 0 heterocycles. The second kappa shape index (κ2) is 49.7. The Labute approximate surface area is 380 Å². The van der Waals surface area contributed by atoms with Gasteiger partial charge < -0.3 is 14.2 Å². The van der Waals surface area contributed by atoms with E-state index in [0.29, 0.717) is 19.3 Å². The summed E-state index contributed by atoms with van der Waals surface area (Å²) in [5.41, 5.74) is 0. The molecule has 0 fully saturated rings. The number of hydrogen-bond acceptors (Lipinski definition) is 6. The van der Waals surface area contributed by atoms with Gasteiger partial charge in [0, 0.05) is 19.3 Å². The van der Waals surface area contributed by atoms with Crippen LogP contribution < -0.4 is 0 Å². The molecular weight excluding hydrogens is 769 g/mol. The van der Waals surface area contributed by atoms with Gasteiger partial charge in [0.1, 0.15) is 13.2 Å². The molecule has 62 heavy (non-hydrogen) atoms. The van der Waals surface area contributed by atoms with E-state index in [4.69, 9.17) is 14.2 Å². The van der Waals surface area contributed by atoms with E-state index in [1.54, 1.807) is 0 Å². The Morgan fingerprint density at radius 1 is 0.339 bits per heavy atom. The van der Waals surface area contributed by atoms with Crippen molar-refractivity contribution in [2.24, 2.45) is 0 Å². The summed E-state index contributed by atoms with van der Waals surface area (Å²) in [6.07, 6.45) is 66.4. The number of unbranched alkanes of at least 4 members (excludes halogenated alkanes) is 20. The van der Waals surface area contributed by atoms with Crippen LogP contribution in [-0.4, -0.2) is 37.2 Å². The molecule has 0 spiro atoms. The number of rotatable bonds is 43. The van der Waals surface area contributed by atoms with Crippen molar-refractivity contribution in [1.82, 2.24) is 0 Å². The highest BCUT2D eigenvalue weighted by Gasteiger charge is 2.19. The van der Waals surface area contributed by atoms with E-state index in [1.165, 1.54) is 64.2 Å². The summed E-state index contributed by atoms with van der Waals surface area (Å²) in [6, 6.07) is 0. The molecule has 0 aliphatic carbocycles. The first-order valence-corrected chi connectivity index (χ1v) is 25.0. The van der Waals surface area contributed by atoms with Crippen molar-refractivity contribution in [1.29, 1.82) is 0 Å². The Kier molecular flexibility index (Phi) is 46.6. The Morgan fingerprint density at radius 2 is 0.629 bits per heavy atom. The van der Waals surface area contributed by atoms with Crippen LogP contribution in [0.1, 0.15) is 207 Å². The smallest absolute Gasteiger partial charge is 0.306 e. The van der Waals surface area contributed by atoms with Crippen LogP contribution in [0, 0.1) is 0 Å². The second-order valence-corrected chi connectivity index (χ2v) is 16.1. The molecule has 0 saturated carbocycles. The normalized spacial score (nSPS) is 13.0. The SMILES string of the molecule is CC\C=C/C=C\C=C/C=C\CCCCCC(=O)OCC(COC(=O)CCCCC/C=C\C=C/CCCCCCCCC)OC(=O)CCCCCCCCC\C=C/C=C\C=C/CC. The van der Waals surface area contributed by atoms with Crippen molar-refractivity contribution in [3.8, 4) is 0 Å². The van der Waals surface area contributed by atoms with Gasteiger partial charge >= 0.3 is 17.9 Å². The van der Waals surface area contributed by atoms with Crippen molar-refractivity contribution in [3.05, 3.63) is 109 Å². The highest BCUT2D eigenvalue weighted by Crippen LogP contribution is 2.13. The van der Waals surface area contributed by atoms with E-state index < -0.39 is 6.10 Å². The zero-order valence-electron chi connectivity index (χ0n) is 39.8. The fourth-order valence-corrected chi connectivity index (χ4v) is 6.44. The van der Waals surface area contributed by atoms with E-state index in [1.807, 2.05) is 36.5 Å². The van der Waals surface area contributed by atoms with Gasteiger partial charge in [-0.2, -0.15) is 0 Å². The summed E-state index contributed by atoms with van der Waals surface area (Å²) in [5, 5.41) is 0. The van der Waals surface area contributed by atoms with Gasteiger partial charge in [-0.3, -0.25) is 14.4 Å². The highest BCUT2D eigenvalue weighted by molar-refractivity contribution is 5.71. The molecule has 350 valence electrons. The molecular formula is C56H90O6. The quantitative estimate of drug-likeness (QED) is 0.0263. The zero-order chi connectivity index (χ0) is 45.1. The molecule has 6 nitrogen and oxygen atoms in total. The Bertz CT molecular complexity index is 1310. The standard InChI is InChI=1S/C56H90O6/c1-4-7-10-13-16-19-22-25-27-29-31-34-37-40-43-46-49-55(58)61-52-53(51-60-54(57)48-45-42-39-36-33-30-24-21-18-15-12-9-6-3)62-56(59)50-47-44-41-38-35-32-28-26-23-20-17-14-11-8-5-2/h8-9,11-12,14-15,17-18,20-21,23-24,27,29-31,33-34,53H,4-7,10,13,16,19,22,25-26,28,32,35-52H2,1-3H3/b11-8-,12-9-,17-14-,18-15-,23-20-,24-21-,29-27-,33-30-,34-31-. The van der Waals surface area contributed by atoms with Gasteiger partial charge in [0.25, 0.3) is 0 Å². The minimum Gasteiger partial charge on any atom is -0.462 e. The first kappa shape index (κ1) is 58.1. The summed E-state index contributed by atoms with van der Waals surface area (Å²) in [5.74, 6) is -0.995. The molecule has 0 radical (unpaired) electrons. The first-order chi connectivity index (χ1) is 30.5. The predicted molar refractivity (Wildman–Crippen MR) is 265 cm³/mol. The average Bonchev–Trinajstić information content (AvgIpc) is 3.27. The van der Waals surface area contributed by atoms with Gasteiger partial charge in [0.2, 0.25) is 0 Å². The molecule has 0 N–H and O–H groups in total. The molecule has 0 saturated heterocycles. The maximum Gasteiger partial charge on any atom is 0.306 e. The lowest BCUT2D eigenvalue weighted by Gasteiger charge is -2.18. The van der Waals surface area contributed by atoms with Gasteiger partial charge in [-0.05, 0) is 83.5 Å². The first-order valence-electron chi connectivity index (χ1n) is 25.0. The molecule has 1 atom stereocenters. The molecule has 0 rings (SSSR count). The van der Waals surface area contributed by atoms with Crippen LogP contribution in [0.25, 0.3) is 0 Å². The summed E-state index contributed by atoms with van der Waals surface area (Å²) in [4.78, 5) is 37.9. The molecule has 0 aromatic heterocycles.